The molecular formula is C15H10ClN3OS. The molecule has 0 radical (unpaired) electrons. The van der Waals surface area contributed by atoms with Crippen LogP contribution in [0.15, 0.2) is 29.1 Å². The number of nitrogens with zero attached hydrogens (tertiary/aromatic N) is 3. The predicted molar refractivity (Wildman–Crippen MR) is 83.2 cm³/mol. The van der Waals surface area contributed by atoms with Gasteiger partial charge in [0.05, 0.1) is 4.53 Å². The highest BCUT2D eigenvalue weighted by molar-refractivity contribution is 7.07. The lowest BCUT2D eigenvalue weighted by Gasteiger charge is -1.93. The topological polar surface area (TPSA) is 69.6 Å². The van der Waals surface area contributed by atoms with Crippen molar-refractivity contribution in [2.75, 3.05) is 0 Å². The average Bonchev–Trinajstić information content (AvgIpc) is 2.79. The lowest BCUT2D eigenvalue weighted by Crippen LogP contribution is -2.31. The van der Waals surface area contributed by atoms with Crippen molar-refractivity contribution in [3.8, 4) is 12.1 Å². The van der Waals surface area contributed by atoms with E-state index < -0.39 is 0 Å². The standard InChI is InChI=1S/C15H10ClN3OS/c1-2-19-14(20)13(21-15(19)11(8-17)9-18)7-10-3-5-12(16)6-4-10/h3-7H,2H2,1H3/b13-7+. The van der Waals surface area contributed by atoms with Crippen LogP contribution in [0.25, 0.3) is 11.6 Å². The van der Waals surface area contributed by atoms with E-state index >= 15 is 0 Å². The first kappa shape index (κ1) is 15.1. The van der Waals surface area contributed by atoms with Crippen molar-refractivity contribution in [3.05, 3.63) is 54.4 Å². The van der Waals surface area contributed by atoms with Crippen LogP contribution in [0.3, 0.4) is 0 Å². The maximum atomic E-state index is 12.3. The van der Waals surface area contributed by atoms with Crippen molar-refractivity contribution in [3.63, 3.8) is 0 Å². The molecule has 0 fully saturated rings. The van der Waals surface area contributed by atoms with Gasteiger partial charge in [0, 0.05) is 11.6 Å². The summed E-state index contributed by atoms with van der Waals surface area (Å²) in [5.41, 5.74) is 0.591. The van der Waals surface area contributed by atoms with E-state index in [0.29, 0.717) is 20.8 Å². The molecule has 0 aliphatic heterocycles. The molecule has 1 aromatic heterocycles. The van der Waals surface area contributed by atoms with Gasteiger partial charge in [-0.05, 0) is 30.7 Å². The second kappa shape index (κ2) is 6.41. The third-order valence-electron chi connectivity index (χ3n) is 2.83. The zero-order valence-electron chi connectivity index (χ0n) is 11.1. The van der Waals surface area contributed by atoms with Crippen LogP contribution >= 0.6 is 22.9 Å². The monoisotopic (exact) mass is 315 g/mol. The quantitative estimate of drug-likeness (QED) is 0.845. The minimum absolute atomic E-state index is 0.0466. The molecule has 1 aromatic carbocycles. The SMILES string of the molecule is CCn1c(=C(C#N)C#N)s/c(=C/c2ccc(Cl)cc2)c1=O. The Hall–Kier alpha value is -2.34. The first-order chi connectivity index (χ1) is 10.1. The molecule has 21 heavy (non-hydrogen) atoms. The fraction of sp³-hybridized carbons (Fsp3) is 0.133. The third-order valence-corrected chi connectivity index (χ3v) is 4.21. The predicted octanol–water partition coefficient (Wildman–Crippen LogP) is 1.61. The summed E-state index contributed by atoms with van der Waals surface area (Å²) in [4.78, 5) is 12.3. The van der Waals surface area contributed by atoms with E-state index in [2.05, 4.69) is 0 Å². The molecule has 2 aromatic rings. The summed E-state index contributed by atoms with van der Waals surface area (Å²) < 4.78 is 2.32. The first-order valence-electron chi connectivity index (χ1n) is 6.12. The van der Waals surface area contributed by atoms with Gasteiger partial charge in [-0.3, -0.25) is 9.36 Å². The Balaban J connectivity index is 2.77. The average molecular weight is 316 g/mol. The molecule has 0 unspecified atom stereocenters. The summed E-state index contributed by atoms with van der Waals surface area (Å²) in [5.74, 6) is 0. The van der Waals surface area contributed by atoms with Crippen LogP contribution in [0, 0.1) is 22.7 Å². The van der Waals surface area contributed by atoms with Crippen molar-refractivity contribution in [2.24, 2.45) is 0 Å². The van der Waals surface area contributed by atoms with Crippen LogP contribution in [-0.4, -0.2) is 4.57 Å². The van der Waals surface area contributed by atoms with Crippen LogP contribution in [0.2, 0.25) is 5.02 Å². The molecule has 0 saturated heterocycles. The van der Waals surface area contributed by atoms with Crippen molar-refractivity contribution in [2.45, 2.75) is 13.5 Å². The normalized spacial score (nSPS) is 11.0. The fourth-order valence-corrected chi connectivity index (χ4v) is 3.07. The Labute approximate surface area is 130 Å². The lowest BCUT2D eigenvalue weighted by molar-refractivity contribution is 0.722. The molecule has 0 bridgehead atoms. The Morgan fingerprint density at radius 2 is 1.95 bits per heavy atom. The van der Waals surface area contributed by atoms with E-state index in [4.69, 9.17) is 22.1 Å². The maximum Gasteiger partial charge on any atom is 0.269 e. The molecule has 0 atom stereocenters. The van der Waals surface area contributed by atoms with Crippen LogP contribution in [-0.2, 0) is 6.54 Å². The second-order valence-electron chi connectivity index (χ2n) is 4.12. The number of hydrogen-bond acceptors (Lipinski definition) is 4. The molecule has 2 rings (SSSR count). The van der Waals surface area contributed by atoms with Crippen molar-refractivity contribution in [1.29, 1.82) is 10.5 Å². The minimum atomic E-state index is -0.199. The van der Waals surface area contributed by atoms with E-state index in [1.165, 1.54) is 4.57 Å². The Kier molecular flexibility index (Phi) is 4.59. The molecule has 0 aliphatic carbocycles. The molecular weight excluding hydrogens is 306 g/mol. The highest BCUT2D eigenvalue weighted by atomic mass is 35.5. The third kappa shape index (κ3) is 3.05. The van der Waals surface area contributed by atoms with Crippen molar-refractivity contribution >= 4 is 34.6 Å². The van der Waals surface area contributed by atoms with Crippen LogP contribution in [0.4, 0.5) is 0 Å². The summed E-state index contributed by atoms with van der Waals surface area (Å²) in [6, 6.07) is 10.7. The van der Waals surface area contributed by atoms with Gasteiger partial charge in [-0.15, -0.1) is 11.3 Å². The summed E-state index contributed by atoms with van der Waals surface area (Å²) in [6.07, 6.45) is 1.73. The maximum absolute atomic E-state index is 12.3. The lowest BCUT2D eigenvalue weighted by atomic mass is 10.2. The van der Waals surface area contributed by atoms with Crippen LogP contribution < -0.4 is 14.8 Å². The number of benzene rings is 1. The second-order valence-corrected chi connectivity index (χ2v) is 5.58. The number of thiazole rings is 1. The van der Waals surface area contributed by atoms with E-state index in [9.17, 15) is 4.79 Å². The Morgan fingerprint density at radius 1 is 1.33 bits per heavy atom. The summed E-state index contributed by atoms with van der Waals surface area (Å²) in [6.45, 7) is 2.21. The molecule has 0 N–H and O–H groups in total. The first-order valence-corrected chi connectivity index (χ1v) is 7.31. The van der Waals surface area contributed by atoms with Gasteiger partial charge in [-0.1, -0.05) is 23.7 Å². The summed E-state index contributed by atoms with van der Waals surface area (Å²) in [7, 11) is 0. The van der Waals surface area contributed by atoms with E-state index in [1.54, 1.807) is 37.3 Å². The fourth-order valence-electron chi connectivity index (χ4n) is 1.82. The number of rotatable bonds is 2. The number of aromatic nitrogens is 1. The summed E-state index contributed by atoms with van der Waals surface area (Å²) >= 11 is 6.97. The number of nitriles is 2. The van der Waals surface area contributed by atoms with Crippen molar-refractivity contribution in [1.82, 2.24) is 4.57 Å². The van der Waals surface area contributed by atoms with Gasteiger partial charge in [0.15, 0.2) is 5.57 Å². The van der Waals surface area contributed by atoms with Gasteiger partial charge in [-0.25, -0.2) is 0 Å². The molecule has 1 heterocycles. The highest BCUT2D eigenvalue weighted by Gasteiger charge is 2.07. The highest BCUT2D eigenvalue weighted by Crippen LogP contribution is 2.09. The largest absolute Gasteiger partial charge is 0.298 e. The molecule has 0 saturated carbocycles. The molecule has 0 amide bonds. The smallest absolute Gasteiger partial charge is 0.269 e. The van der Waals surface area contributed by atoms with Crippen LogP contribution in [0.1, 0.15) is 12.5 Å². The van der Waals surface area contributed by atoms with Gasteiger partial charge in [0.2, 0.25) is 0 Å². The minimum Gasteiger partial charge on any atom is -0.298 e. The molecule has 0 spiro atoms. The number of halogens is 1. The van der Waals surface area contributed by atoms with E-state index in [1.807, 2.05) is 12.1 Å². The molecule has 4 nitrogen and oxygen atoms in total. The van der Waals surface area contributed by atoms with Crippen molar-refractivity contribution < 1.29 is 0 Å². The van der Waals surface area contributed by atoms with E-state index in [0.717, 1.165) is 16.9 Å². The van der Waals surface area contributed by atoms with Gasteiger partial charge in [-0.2, -0.15) is 10.5 Å². The zero-order valence-corrected chi connectivity index (χ0v) is 12.7. The molecule has 104 valence electrons. The molecule has 6 heteroatoms. The van der Waals surface area contributed by atoms with Gasteiger partial charge >= 0.3 is 0 Å². The summed E-state index contributed by atoms with van der Waals surface area (Å²) in [5, 5.41) is 18.6. The zero-order chi connectivity index (χ0) is 15.4. The number of hydrogen-bond donors (Lipinski definition) is 0. The Morgan fingerprint density at radius 3 is 2.48 bits per heavy atom. The Bertz CT molecular complexity index is 908. The van der Waals surface area contributed by atoms with Crippen LogP contribution in [0.5, 0.6) is 0 Å². The molecule has 0 aliphatic rings. The van der Waals surface area contributed by atoms with Gasteiger partial charge < -0.3 is 0 Å². The van der Waals surface area contributed by atoms with Gasteiger partial charge in [0.1, 0.15) is 16.8 Å². The van der Waals surface area contributed by atoms with E-state index in [-0.39, 0.29) is 11.1 Å². The van der Waals surface area contributed by atoms with Gasteiger partial charge in [0.25, 0.3) is 5.56 Å².